The number of carbonyl (C=O) groups is 1. The zero-order valence-corrected chi connectivity index (χ0v) is 17.7. The number of hydrogen-bond donors (Lipinski definition) is 1. The quantitative estimate of drug-likeness (QED) is 0.795. The van der Waals surface area contributed by atoms with E-state index in [4.69, 9.17) is 9.47 Å². The molecule has 0 aliphatic carbocycles. The van der Waals surface area contributed by atoms with Crippen LogP contribution < -0.4 is 5.32 Å². The Bertz CT molecular complexity index is 831. The predicted molar refractivity (Wildman–Crippen MR) is 115 cm³/mol. The monoisotopic (exact) mass is 409 g/mol. The number of nitrogens with one attached hydrogen (secondary N) is 1. The SMILES string of the molecule is Cc1cccc(C2(C(=O)NC[C@@H](c3cccnc3)N3CCOCC3)CCOCC2)c1. The minimum absolute atomic E-state index is 0.0842. The molecule has 30 heavy (non-hydrogen) atoms. The smallest absolute Gasteiger partial charge is 0.230 e. The average Bonchev–Trinajstić information content (AvgIpc) is 2.81. The molecule has 1 N–H and O–H groups in total. The first-order chi connectivity index (χ1) is 14.7. The first-order valence-electron chi connectivity index (χ1n) is 10.8. The molecule has 1 amide bonds. The summed E-state index contributed by atoms with van der Waals surface area (Å²) in [6, 6.07) is 12.5. The van der Waals surface area contributed by atoms with Gasteiger partial charge in [-0.3, -0.25) is 14.7 Å². The van der Waals surface area contributed by atoms with Crippen LogP contribution in [0, 0.1) is 6.92 Å². The Morgan fingerprint density at radius 1 is 1.13 bits per heavy atom. The second-order valence-electron chi connectivity index (χ2n) is 8.22. The van der Waals surface area contributed by atoms with Gasteiger partial charge in [-0.1, -0.05) is 35.9 Å². The van der Waals surface area contributed by atoms with Crippen LogP contribution in [-0.4, -0.2) is 61.9 Å². The molecule has 1 aromatic carbocycles. The van der Waals surface area contributed by atoms with Gasteiger partial charge in [0.1, 0.15) is 0 Å². The summed E-state index contributed by atoms with van der Waals surface area (Å²) in [5, 5.41) is 3.30. The summed E-state index contributed by atoms with van der Waals surface area (Å²) < 4.78 is 11.1. The maximum Gasteiger partial charge on any atom is 0.230 e. The molecule has 1 aromatic heterocycles. The molecule has 0 bridgehead atoms. The lowest BCUT2D eigenvalue weighted by molar-refractivity contribution is -0.130. The van der Waals surface area contributed by atoms with Gasteiger partial charge in [0.05, 0.1) is 24.7 Å². The van der Waals surface area contributed by atoms with E-state index in [1.165, 1.54) is 5.56 Å². The first kappa shape index (κ1) is 21.0. The Morgan fingerprint density at radius 3 is 2.60 bits per heavy atom. The molecule has 1 atom stereocenters. The number of pyridine rings is 1. The van der Waals surface area contributed by atoms with Gasteiger partial charge in [-0.15, -0.1) is 0 Å². The third-order valence-corrected chi connectivity index (χ3v) is 6.36. The molecule has 2 fully saturated rings. The summed E-state index contributed by atoms with van der Waals surface area (Å²) in [4.78, 5) is 20.3. The lowest BCUT2D eigenvalue weighted by atomic mass is 9.73. The van der Waals surface area contributed by atoms with E-state index in [-0.39, 0.29) is 11.9 Å². The minimum atomic E-state index is -0.533. The summed E-state index contributed by atoms with van der Waals surface area (Å²) in [5.41, 5.74) is 2.85. The van der Waals surface area contributed by atoms with E-state index in [1.807, 2.05) is 18.3 Å². The van der Waals surface area contributed by atoms with Crippen molar-refractivity contribution < 1.29 is 14.3 Å². The molecule has 6 heteroatoms. The van der Waals surface area contributed by atoms with Gasteiger partial charge in [0.2, 0.25) is 5.91 Å². The normalized spacial score (nSPS) is 20.4. The van der Waals surface area contributed by atoms with E-state index in [1.54, 1.807) is 6.20 Å². The van der Waals surface area contributed by atoms with Crippen molar-refractivity contribution in [1.29, 1.82) is 0 Å². The molecule has 0 spiro atoms. The van der Waals surface area contributed by atoms with Crippen LogP contribution in [0.3, 0.4) is 0 Å². The molecule has 160 valence electrons. The zero-order chi connectivity index (χ0) is 20.8. The molecule has 2 aromatic rings. The number of amides is 1. The number of rotatable bonds is 6. The molecular weight excluding hydrogens is 378 g/mol. The Balaban J connectivity index is 1.55. The largest absolute Gasteiger partial charge is 0.381 e. The second kappa shape index (κ2) is 9.69. The third-order valence-electron chi connectivity index (χ3n) is 6.36. The fourth-order valence-corrected chi connectivity index (χ4v) is 4.59. The lowest BCUT2D eigenvalue weighted by Crippen LogP contribution is -2.51. The number of aromatic nitrogens is 1. The maximum absolute atomic E-state index is 13.6. The highest BCUT2D eigenvalue weighted by Gasteiger charge is 2.42. The van der Waals surface area contributed by atoms with Gasteiger partial charge in [-0.05, 0) is 37.0 Å². The summed E-state index contributed by atoms with van der Waals surface area (Å²) in [6.45, 7) is 6.99. The highest BCUT2D eigenvalue weighted by atomic mass is 16.5. The summed E-state index contributed by atoms with van der Waals surface area (Å²) >= 11 is 0. The molecule has 2 aliphatic rings. The van der Waals surface area contributed by atoms with Crippen LogP contribution in [0.1, 0.15) is 35.6 Å². The Morgan fingerprint density at radius 2 is 1.90 bits per heavy atom. The Labute approximate surface area is 178 Å². The van der Waals surface area contributed by atoms with Gasteiger partial charge in [0.15, 0.2) is 0 Å². The number of ether oxygens (including phenoxy) is 2. The molecule has 0 unspecified atom stereocenters. The number of carbonyl (C=O) groups excluding carboxylic acids is 1. The van der Waals surface area contributed by atoms with Crippen molar-refractivity contribution in [2.45, 2.75) is 31.2 Å². The van der Waals surface area contributed by atoms with Crippen molar-refractivity contribution >= 4 is 5.91 Å². The third kappa shape index (κ3) is 4.56. The van der Waals surface area contributed by atoms with Gasteiger partial charge in [-0.25, -0.2) is 0 Å². The van der Waals surface area contributed by atoms with Crippen LogP contribution in [0.15, 0.2) is 48.8 Å². The highest BCUT2D eigenvalue weighted by molar-refractivity contribution is 5.88. The molecule has 4 rings (SSSR count). The van der Waals surface area contributed by atoms with Crippen molar-refractivity contribution in [3.8, 4) is 0 Å². The van der Waals surface area contributed by atoms with Gasteiger partial charge in [0.25, 0.3) is 0 Å². The average molecular weight is 410 g/mol. The molecule has 6 nitrogen and oxygen atoms in total. The number of benzene rings is 1. The van der Waals surface area contributed by atoms with Crippen LogP contribution in [-0.2, 0) is 19.7 Å². The Kier molecular flexibility index (Phi) is 6.77. The van der Waals surface area contributed by atoms with Gasteiger partial charge >= 0.3 is 0 Å². The number of morpholine rings is 1. The van der Waals surface area contributed by atoms with Crippen molar-refractivity contribution in [2.75, 3.05) is 46.1 Å². The number of aryl methyl sites for hydroxylation is 1. The van der Waals surface area contributed by atoms with Crippen LogP contribution in [0.2, 0.25) is 0 Å². The van der Waals surface area contributed by atoms with Crippen LogP contribution in [0.4, 0.5) is 0 Å². The van der Waals surface area contributed by atoms with E-state index in [2.05, 4.69) is 46.4 Å². The lowest BCUT2D eigenvalue weighted by Gasteiger charge is -2.38. The molecule has 2 saturated heterocycles. The second-order valence-corrected chi connectivity index (χ2v) is 8.22. The van der Waals surface area contributed by atoms with E-state index < -0.39 is 5.41 Å². The first-order valence-corrected chi connectivity index (χ1v) is 10.8. The van der Waals surface area contributed by atoms with Crippen LogP contribution in [0.5, 0.6) is 0 Å². The summed E-state index contributed by atoms with van der Waals surface area (Å²) in [5.74, 6) is 0.0959. The zero-order valence-electron chi connectivity index (χ0n) is 17.7. The molecular formula is C24H31N3O3. The van der Waals surface area contributed by atoms with E-state index >= 15 is 0 Å². The molecule has 0 radical (unpaired) electrons. The van der Waals surface area contributed by atoms with Gasteiger partial charge in [-0.2, -0.15) is 0 Å². The molecule has 2 aliphatic heterocycles. The number of hydrogen-bond acceptors (Lipinski definition) is 5. The van der Waals surface area contributed by atoms with E-state index in [9.17, 15) is 4.79 Å². The summed E-state index contributed by atoms with van der Waals surface area (Å²) in [6.07, 6.45) is 5.10. The van der Waals surface area contributed by atoms with Crippen molar-refractivity contribution in [3.63, 3.8) is 0 Å². The van der Waals surface area contributed by atoms with E-state index in [0.717, 1.165) is 37.4 Å². The predicted octanol–water partition coefficient (Wildman–Crippen LogP) is 2.63. The maximum atomic E-state index is 13.6. The number of nitrogens with zero attached hydrogens (tertiary/aromatic N) is 2. The van der Waals surface area contributed by atoms with Crippen molar-refractivity contribution in [3.05, 3.63) is 65.5 Å². The van der Waals surface area contributed by atoms with Gasteiger partial charge < -0.3 is 14.8 Å². The van der Waals surface area contributed by atoms with Crippen LogP contribution in [0.25, 0.3) is 0 Å². The van der Waals surface area contributed by atoms with Crippen molar-refractivity contribution in [2.24, 2.45) is 0 Å². The standard InChI is InChI=1S/C24H31N3O3/c1-19-4-2-6-21(16-19)24(7-12-29-13-8-24)23(28)26-18-22(20-5-3-9-25-17-20)27-10-14-30-15-11-27/h2-6,9,16-17,22H,7-8,10-15,18H2,1H3,(H,26,28)/t22-/m0/s1. The topological polar surface area (TPSA) is 63.7 Å². The minimum Gasteiger partial charge on any atom is -0.381 e. The van der Waals surface area contributed by atoms with Gasteiger partial charge in [0, 0.05) is 45.2 Å². The molecule has 3 heterocycles. The van der Waals surface area contributed by atoms with E-state index in [0.29, 0.717) is 32.6 Å². The summed E-state index contributed by atoms with van der Waals surface area (Å²) in [7, 11) is 0. The molecule has 0 saturated carbocycles. The Hall–Kier alpha value is -2.28. The fraction of sp³-hybridized carbons (Fsp3) is 0.500. The van der Waals surface area contributed by atoms with Crippen LogP contribution >= 0.6 is 0 Å². The highest BCUT2D eigenvalue weighted by Crippen LogP contribution is 2.36. The van der Waals surface area contributed by atoms with Crippen molar-refractivity contribution in [1.82, 2.24) is 15.2 Å². The fourth-order valence-electron chi connectivity index (χ4n) is 4.59.